The van der Waals surface area contributed by atoms with Crippen LogP contribution in [0.4, 0.5) is 0 Å². The van der Waals surface area contributed by atoms with Crippen LogP contribution in [-0.2, 0) is 11.3 Å². The number of ether oxygens (including phenoxy) is 2. The Hall–Kier alpha value is -2.57. The monoisotopic (exact) mass is 278 g/mol. The first-order valence-electron chi connectivity index (χ1n) is 5.86. The quantitative estimate of drug-likeness (QED) is 0.618. The average molecular weight is 278 g/mol. The van der Waals surface area contributed by atoms with Crippen molar-refractivity contribution in [2.45, 2.75) is 12.6 Å². The highest BCUT2D eigenvalue weighted by Crippen LogP contribution is 2.19. The van der Waals surface area contributed by atoms with Crippen LogP contribution < -0.4 is 15.5 Å². The number of hydrogen-bond donors (Lipinski definition) is 1. The summed E-state index contributed by atoms with van der Waals surface area (Å²) in [4.78, 5) is 35.8. The summed E-state index contributed by atoms with van der Waals surface area (Å²) in [5.41, 5.74) is -0.758. The summed E-state index contributed by atoms with van der Waals surface area (Å²) in [6, 6.07) is -0.285. The Balaban J connectivity index is 2.70. The molecule has 1 amide bonds. The zero-order valence-electron chi connectivity index (χ0n) is 11.1. The number of hydrogen-bond acceptors (Lipinski definition) is 5. The Morgan fingerprint density at radius 1 is 1.50 bits per heavy atom. The van der Waals surface area contributed by atoms with E-state index >= 15 is 0 Å². The fraction of sp³-hybridized carbons (Fsp3) is 0.308. The molecule has 0 aliphatic carbocycles. The lowest BCUT2D eigenvalue weighted by Gasteiger charge is -2.26. The van der Waals surface area contributed by atoms with Gasteiger partial charge in [0.2, 0.25) is 5.43 Å². The van der Waals surface area contributed by atoms with Gasteiger partial charge in [0.1, 0.15) is 5.56 Å². The van der Waals surface area contributed by atoms with Gasteiger partial charge in [0, 0.05) is 12.7 Å². The zero-order valence-corrected chi connectivity index (χ0v) is 11.1. The molecule has 2 rings (SSSR count). The minimum absolute atomic E-state index is 0.0863. The molecule has 0 saturated carbocycles. The number of carbonyl (C=O) groups is 2. The second-order valence-electron chi connectivity index (χ2n) is 4.21. The summed E-state index contributed by atoms with van der Waals surface area (Å²) in [6.07, 6.45) is 2.88. The van der Waals surface area contributed by atoms with Gasteiger partial charge in [-0.25, -0.2) is 4.79 Å². The summed E-state index contributed by atoms with van der Waals surface area (Å²) >= 11 is 0. The van der Waals surface area contributed by atoms with Crippen molar-refractivity contribution in [3.8, 4) is 5.75 Å². The van der Waals surface area contributed by atoms with Crippen molar-refractivity contribution in [2.24, 2.45) is 0 Å². The van der Waals surface area contributed by atoms with Crippen LogP contribution in [0.5, 0.6) is 5.75 Å². The Labute approximate surface area is 114 Å². The SMILES string of the molecule is C=CC1Cn2cc(C(=O)OC)c(=O)c(OC)c2C(=O)N1. The van der Waals surface area contributed by atoms with Crippen LogP contribution in [0.1, 0.15) is 20.8 Å². The van der Waals surface area contributed by atoms with Crippen molar-refractivity contribution < 1.29 is 19.1 Å². The number of methoxy groups -OCH3 is 2. The molecule has 0 radical (unpaired) electrons. The van der Waals surface area contributed by atoms with Gasteiger partial charge in [0.05, 0.1) is 20.3 Å². The molecule has 1 N–H and O–H groups in total. The van der Waals surface area contributed by atoms with Gasteiger partial charge in [0.25, 0.3) is 5.91 Å². The van der Waals surface area contributed by atoms with Gasteiger partial charge in [-0.15, -0.1) is 6.58 Å². The van der Waals surface area contributed by atoms with Crippen molar-refractivity contribution in [1.29, 1.82) is 0 Å². The van der Waals surface area contributed by atoms with Crippen molar-refractivity contribution in [3.05, 3.63) is 40.3 Å². The average Bonchev–Trinajstić information content (AvgIpc) is 2.46. The Bertz CT molecular complexity index is 647. The molecule has 7 nitrogen and oxygen atoms in total. The van der Waals surface area contributed by atoms with Gasteiger partial charge in [-0.05, 0) is 0 Å². The Morgan fingerprint density at radius 3 is 2.75 bits per heavy atom. The summed E-state index contributed by atoms with van der Waals surface area (Å²) in [5, 5.41) is 2.67. The highest BCUT2D eigenvalue weighted by Gasteiger charge is 2.30. The first-order valence-corrected chi connectivity index (χ1v) is 5.86. The van der Waals surface area contributed by atoms with Crippen LogP contribution in [0.15, 0.2) is 23.6 Å². The Kier molecular flexibility index (Phi) is 3.60. The summed E-state index contributed by atoms with van der Waals surface area (Å²) in [6.45, 7) is 3.97. The van der Waals surface area contributed by atoms with E-state index in [9.17, 15) is 14.4 Å². The molecule has 106 valence electrons. The van der Waals surface area contributed by atoms with Crippen LogP contribution in [0, 0.1) is 0 Å². The second kappa shape index (κ2) is 5.20. The van der Waals surface area contributed by atoms with Gasteiger partial charge in [-0.2, -0.15) is 0 Å². The van der Waals surface area contributed by atoms with E-state index in [4.69, 9.17) is 4.74 Å². The molecule has 1 aromatic rings. The number of amides is 1. The number of fused-ring (bicyclic) bond motifs is 1. The van der Waals surface area contributed by atoms with Crippen molar-refractivity contribution >= 4 is 11.9 Å². The highest BCUT2D eigenvalue weighted by molar-refractivity contribution is 5.98. The molecule has 7 heteroatoms. The van der Waals surface area contributed by atoms with E-state index in [2.05, 4.69) is 16.6 Å². The third kappa shape index (κ3) is 2.07. The Morgan fingerprint density at radius 2 is 2.20 bits per heavy atom. The molecule has 1 atom stereocenters. The van der Waals surface area contributed by atoms with Crippen LogP contribution in [0.25, 0.3) is 0 Å². The summed E-state index contributed by atoms with van der Waals surface area (Å²) in [7, 11) is 2.45. The lowest BCUT2D eigenvalue weighted by atomic mass is 10.1. The lowest BCUT2D eigenvalue weighted by molar-refractivity contribution is 0.0596. The van der Waals surface area contributed by atoms with Gasteiger partial charge in [0.15, 0.2) is 11.4 Å². The van der Waals surface area contributed by atoms with Crippen molar-refractivity contribution in [2.75, 3.05) is 14.2 Å². The first-order chi connectivity index (χ1) is 9.53. The molecule has 1 aliphatic heterocycles. The van der Waals surface area contributed by atoms with E-state index in [1.54, 1.807) is 6.08 Å². The second-order valence-corrected chi connectivity index (χ2v) is 4.21. The number of rotatable bonds is 3. The summed E-state index contributed by atoms with van der Waals surface area (Å²) in [5.74, 6) is -1.40. The van der Waals surface area contributed by atoms with Crippen LogP contribution in [0.3, 0.4) is 0 Å². The van der Waals surface area contributed by atoms with Crippen LogP contribution >= 0.6 is 0 Å². The maximum Gasteiger partial charge on any atom is 0.343 e. The van der Waals surface area contributed by atoms with E-state index in [0.717, 1.165) is 0 Å². The predicted octanol–water partition coefficient (Wildman–Crippen LogP) is -0.0585. The smallest absolute Gasteiger partial charge is 0.343 e. The number of esters is 1. The number of pyridine rings is 1. The van der Waals surface area contributed by atoms with Crippen molar-refractivity contribution in [3.63, 3.8) is 0 Å². The molecule has 2 heterocycles. The topological polar surface area (TPSA) is 86.6 Å². The predicted molar refractivity (Wildman–Crippen MR) is 70.0 cm³/mol. The fourth-order valence-corrected chi connectivity index (χ4v) is 2.09. The normalized spacial score (nSPS) is 16.9. The third-order valence-electron chi connectivity index (χ3n) is 3.06. The maximum atomic E-state index is 12.1. The molecule has 0 saturated heterocycles. The molecule has 0 spiro atoms. The number of nitrogens with zero attached hydrogens (tertiary/aromatic N) is 1. The molecule has 0 bridgehead atoms. The number of nitrogens with one attached hydrogen (secondary N) is 1. The van der Waals surface area contributed by atoms with E-state index in [-0.39, 0.29) is 23.0 Å². The first kappa shape index (κ1) is 13.9. The minimum atomic E-state index is -0.773. The molecule has 0 aromatic carbocycles. The largest absolute Gasteiger partial charge is 0.491 e. The van der Waals surface area contributed by atoms with Crippen LogP contribution in [0.2, 0.25) is 0 Å². The summed E-state index contributed by atoms with van der Waals surface area (Å²) < 4.78 is 11.0. The molecule has 1 aliphatic rings. The molecule has 20 heavy (non-hydrogen) atoms. The van der Waals surface area contributed by atoms with Gasteiger partial charge < -0.3 is 19.4 Å². The molecule has 1 unspecified atom stereocenters. The standard InChI is InChI=1S/C13H14N2O5/c1-4-7-5-15-6-8(13(18)20-3)10(16)11(19-2)9(15)12(17)14-7/h4,6-7H,1,5H2,2-3H3,(H,14,17). The van der Waals surface area contributed by atoms with E-state index in [1.807, 2.05) is 0 Å². The van der Waals surface area contributed by atoms with Gasteiger partial charge in [-0.3, -0.25) is 9.59 Å². The van der Waals surface area contributed by atoms with Crippen molar-refractivity contribution in [1.82, 2.24) is 9.88 Å². The molecule has 0 fully saturated rings. The van der Waals surface area contributed by atoms with E-state index in [0.29, 0.717) is 6.54 Å². The maximum absolute atomic E-state index is 12.1. The number of carbonyl (C=O) groups excluding carboxylic acids is 2. The molecular weight excluding hydrogens is 264 g/mol. The van der Waals surface area contributed by atoms with Gasteiger partial charge in [-0.1, -0.05) is 6.08 Å². The van der Waals surface area contributed by atoms with Gasteiger partial charge >= 0.3 is 5.97 Å². The molecule has 1 aromatic heterocycles. The lowest BCUT2D eigenvalue weighted by Crippen LogP contribution is -2.45. The van der Waals surface area contributed by atoms with E-state index < -0.39 is 17.3 Å². The minimum Gasteiger partial charge on any atom is -0.491 e. The van der Waals surface area contributed by atoms with Crippen LogP contribution in [-0.4, -0.2) is 36.7 Å². The third-order valence-corrected chi connectivity index (χ3v) is 3.06. The molecular formula is C13H14N2O5. The fourth-order valence-electron chi connectivity index (χ4n) is 2.09. The highest BCUT2D eigenvalue weighted by atomic mass is 16.5. The number of aromatic nitrogens is 1. The van der Waals surface area contributed by atoms with E-state index in [1.165, 1.54) is 25.0 Å². The zero-order chi connectivity index (χ0) is 14.9.